The highest BCUT2D eigenvalue weighted by Crippen LogP contribution is 2.21. The Balaban J connectivity index is 1.50. The Morgan fingerprint density at radius 2 is 1.81 bits per heavy atom. The third-order valence-corrected chi connectivity index (χ3v) is 5.02. The van der Waals surface area contributed by atoms with E-state index >= 15 is 0 Å². The van der Waals surface area contributed by atoms with Crippen LogP contribution >= 0.6 is 0 Å². The van der Waals surface area contributed by atoms with Gasteiger partial charge in [-0.2, -0.15) is 0 Å². The number of fused-ring (bicyclic) bond motifs is 1. The van der Waals surface area contributed by atoms with Crippen molar-refractivity contribution >= 4 is 22.7 Å². The molecule has 6 nitrogen and oxygen atoms in total. The number of imide groups is 1. The molecule has 1 aliphatic rings. The molecule has 1 saturated carbocycles. The minimum atomic E-state index is -0.376. The van der Waals surface area contributed by atoms with Gasteiger partial charge in [0.25, 0.3) is 5.91 Å². The highest BCUT2D eigenvalue weighted by molar-refractivity contribution is 5.94. The van der Waals surface area contributed by atoms with Crippen LogP contribution in [0.25, 0.3) is 10.8 Å². The lowest BCUT2D eigenvalue weighted by atomic mass is 10.1. The van der Waals surface area contributed by atoms with Crippen LogP contribution in [0.15, 0.2) is 36.4 Å². The number of ether oxygens (including phenoxy) is 1. The maximum atomic E-state index is 12.1. The van der Waals surface area contributed by atoms with Gasteiger partial charge in [-0.15, -0.1) is 0 Å². The number of hydrogen-bond donors (Lipinski definition) is 3. The van der Waals surface area contributed by atoms with E-state index in [2.05, 4.69) is 28.8 Å². The molecule has 0 radical (unpaired) electrons. The predicted molar refractivity (Wildman–Crippen MR) is 105 cm³/mol. The van der Waals surface area contributed by atoms with E-state index in [0.29, 0.717) is 6.54 Å². The zero-order chi connectivity index (χ0) is 19.2. The van der Waals surface area contributed by atoms with Crippen LogP contribution in [0.3, 0.4) is 0 Å². The molecule has 0 bridgehead atoms. The second kappa shape index (κ2) is 8.86. The van der Waals surface area contributed by atoms with Crippen molar-refractivity contribution in [2.45, 2.75) is 38.3 Å². The number of carbonyl (C=O) groups is 2. The first-order chi connectivity index (χ1) is 13.0. The van der Waals surface area contributed by atoms with Gasteiger partial charge < -0.3 is 15.0 Å². The number of benzene rings is 2. The van der Waals surface area contributed by atoms with Crippen LogP contribution in [0.1, 0.15) is 31.2 Å². The molecule has 0 saturated heterocycles. The van der Waals surface area contributed by atoms with E-state index in [1.807, 2.05) is 25.2 Å². The fraction of sp³-hybridized carbons (Fsp3) is 0.429. The Kier molecular flexibility index (Phi) is 6.29. The number of rotatable bonds is 6. The van der Waals surface area contributed by atoms with Gasteiger partial charge in [-0.1, -0.05) is 31.0 Å². The molecule has 0 aliphatic heterocycles. The smallest absolute Gasteiger partial charge is 0.321 e. The Morgan fingerprint density at radius 3 is 2.56 bits per heavy atom. The summed E-state index contributed by atoms with van der Waals surface area (Å²) in [6.07, 6.45) is 4.29. The second-order valence-electron chi connectivity index (χ2n) is 7.36. The first-order valence-electron chi connectivity index (χ1n) is 9.52. The van der Waals surface area contributed by atoms with Crippen LogP contribution in [0.2, 0.25) is 0 Å². The standard InChI is InChI=1S/C21H27N3O3/c1-24(14-20(25)23-21(26)22-18-5-3-4-6-18)13-15-7-8-17-12-19(27-2)10-9-16(17)11-15/h7-12,18H,3-6,13-14H2,1-2H3,(H2,22,23,25,26)/p+1. The monoisotopic (exact) mass is 370 g/mol. The van der Waals surface area contributed by atoms with Crippen molar-refractivity contribution in [3.05, 3.63) is 42.0 Å². The number of urea groups is 1. The van der Waals surface area contributed by atoms with E-state index in [9.17, 15) is 9.59 Å². The average Bonchev–Trinajstić information content (AvgIpc) is 3.13. The van der Waals surface area contributed by atoms with Gasteiger partial charge in [0.2, 0.25) is 0 Å². The van der Waals surface area contributed by atoms with E-state index in [1.54, 1.807) is 7.11 Å². The number of hydrogen-bond acceptors (Lipinski definition) is 3. The number of amides is 3. The van der Waals surface area contributed by atoms with Gasteiger partial charge in [-0.25, -0.2) is 4.79 Å². The maximum Gasteiger partial charge on any atom is 0.321 e. The largest absolute Gasteiger partial charge is 0.497 e. The summed E-state index contributed by atoms with van der Waals surface area (Å²) < 4.78 is 5.25. The summed E-state index contributed by atoms with van der Waals surface area (Å²) in [5.74, 6) is 0.582. The molecule has 1 fully saturated rings. The topological polar surface area (TPSA) is 71.9 Å². The summed E-state index contributed by atoms with van der Waals surface area (Å²) in [7, 11) is 3.61. The van der Waals surface area contributed by atoms with Crippen molar-refractivity contribution in [3.63, 3.8) is 0 Å². The molecule has 144 valence electrons. The van der Waals surface area contributed by atoms with E-state index in [-0.39, 0.29) is 24.5 Å². The van der Waals surface area contributed by atoms with Crippen molar-refractivity contribution in [1.29, 1.82) is 0 Å². The zero-order valence-corrected chi connectivity index (χ0v) is 16.0. The lowest BCUT2D eigenvalue weighted by Gasteiger charge is -2.15. The molecular formula is C21H28N3O3+. The molecule has 3 amide bonds. The van der Waals surface area contributed by atoms with Gasteiger partial charge in [0, 0.05) is 11.6 Å². The Labute approximate surface area is 159 Å². The Bertz CT molecular complexity index is 815. The molecule has 1 unspecified atom stereocenters. The number of methoxy groups -OCH3 is 1. The predicted octanol–water partition coefficient (Wildman–Crippen LogP) is 1.63. The van der Waals surface area contributed by atoms with Crippen molar-refractivity contribution in [3.8, 4) is 5.75 Å². The van der Waals surface area contributed by atoms with Crippen LogP contribution in [0, 0.1) is 0 Å². The maximum absolute atomic E-state index is 12.1. The first kappa shape index (κ1) is 19.2. The number of likely N-dealkylation sites (N-methyl/N-ethyl adjacent to an activating group) is 1. The second-order valence-corrected chi connectivity index (χ2v) is 7.36. The van der Waals surface area contributed by atoms with E-state index in [4.69, 9.17) is 4.74 Å². The summed E-state index contributed by atoms with van der Waals surface area (Å²) in [5, 5.41) is 7.58. The molecule has 0 aromatic heterocycles. The van der Waals surface area contributed by atoms with Gasteiger partial charge in [0.15, 0.2) is 6.54 Å². The minimum Gasteiger partial charge on any atom is -0.497 e. The van der Waals surface area contributed by atoms with Crippen molar-refractivity contribution in [2.75, 3.05) is 20.7 Å². The van der Waals surface area contributed by atoms with Crippen LogP contribution in [-0.4, -0.2) is 38.7 Å². The SMILES string of the molecule is COc1ccc2cc(C[NH+](C)CC(=O)NC(=O)NC3CCCC3)ccc2c1. The van der Waals surface area contributed by atoms with Gasteiger partial charge in [0.1, 0.15) is 12.3 Å². The summed E-state index contributed by atoms with van der Waals surface area (Å²) >= 11 is 0. The Hall–Kier alpha value is -2.60. The molecule has 6 heteroatoms. The molecule has 3 rings (SSSR count). The van der Waals surface area contributed by atoms with E-state index in [0.717, 1.165) is 52.7 Å². The van der Waals surface area contributed by atoms with Crippen molar-refractivity contribution in [1.82, 2.24) is 10.6 Å². The summed E-state index contributed by atoms with van der Waals surface area (Å²) in [4.78, 5) is 25.0. The summed E-state index contributed by atoms with van der Waals surface area (Å²) in [6, 6.07) is 12.1. The molecular weight excluding hydrogens is 342 g/mol. The van der Waals surface area contributed by atoms with Crippen molar-refractivity contribution < 1.29 is 19.2 Å². The van der Waals surface area contributed by atoms with E-state index < -0.39 is 0 Å². The number of quaternary nitrogens is 1. The van der Waals surface area contributed by atoms with Crippen molar-refractivity contribution in [2.24, 2.45) is 0 Å². The average molecular weight is 370 g/mol. The third-order valence-electron chi connectivity index (χ3n) is 5.02. The lowest BCUT2D eigenvalue weighted by molar-refractivity contribution is -0.885. The fourth-order valence-electron chi connectivity index (χ4n) is 3.66. The molecule has 0 spiro atoms. The van der Waals surface area contributed by atoms with Crippen LogP contribution in [0.5, 0.6) is 5.75 Å². The molecule has 27 heavy (non-hydrogen) atoms. The molecule has 1 atom stereocenters. The lowest BCUT2D eigenvalue weighted by Crippen LogP contribution is -3.09. The molecule has 0 heterocycles. The highest BCUT2D eigenvalue weighted by Gasteiger charge is 2.19. The summed E-state index contributed by atoms with van der Waals surface area (Å²) in [6.45, 7) is 0.957. The summed E-state index contributed by atoms with van der Waals surface area (Å²) in [5.41, 5.74) is 1.15. The van der Waals surface area contributed by atoms with Gasteiger partial charge >= 0.3 is 6.03 Å². The van der Waals surface area contributed by atoms with Gasteiger partial charge in [0.05, 0.1) is 14.2 Å². The number of nitrogens with one attached hydrogen (secondary N) is 3. The number of carbonyl (C=O) groups excluding carboxylic acids is 2. The van der Waals surface area contributed by atoms with Crippen LogP contribution in [0.4, 0.5) is 4.79 Å². The van der Waals surface area contributed by atoms with E-state index in [1.165, 1.54) is 0 Å². The zero-order valence-electron chi connectivity index (χ0n) is 16.0. The van der Waals surface area contributed by atoms with Crippen LogP contribution in [-0.2, 0) is 11.3 Å². The Morgan fingerprint density at radius 1 is 1.11 bits per heavy atom. The quantitative estimate of drug-likeness (QED) is 0.724. The first-order valence-corrected chi connectivity index (χ1v) is 9.52. The minimum absolute atomic E-state index is 0.208. The van der Waals surface area contributed by atoms with Crippen LogP contribution < -0.4 is 20.3 Å². The molecule has 2 aromatic rings. The molecule has 1 aliphatic carbocycles. The van der Waals surface area contributed by atoms with Gasteiger partial charge in [-0.3, -0.25) is 10.1 Å². The highest BCUT2D eigenvalue weighted by atomic mass is 16.5. The molecule has 3 N–H and O–H groups in total. The molecule has 2 aromatic carbocycles. The fourth-order valence-corrected chi connectivity index (χ4v) is 3.66. The third kappa shape index (κ3) is 5.44. The normalized spacial score (nSPS) is 15.5. The van der Waals surface area contributed by atoms with Gasteiger partial charge in [-0.05, 0) is 41.8 Å².